The van der Waals surface area contributed by atoms with Crippen LogP contribution >= 0.6 is 11.8 Å². The molecule has 1 aliphatic heterocycles. The molecule has 0 fully saturated rings. The molecule has 2 N–H and O–H groups in total. The number of hydrogen-bond acceptors (Lipinski definition) is 3. The van der Waals surface area contributed by atoms with Gasteiger partial charge in [0, 0.05) is 28.7 Å². The van der Waals surface area contributed by atoms with Crippen molar-refractivity contribution in [3.8, 4) is 11.5 Å². The van der Waals surface area contributed by atoms with Crippen molar-refractivity contribution in [2.75, 3.05) is 0 Å². The molecule has 0 bridgehead atoms. The van der Waals surface area contributed by atoms with Crippen LogP contribution in [-0.2, 0) is 0 Å². The van der Waals surface area contributed by atoms with Crippen molar-refractivity contribution in [2.45, 2.75) is 22.6 Å². The lowest BCUT2D eigenvalue weighted by Crippen LogP contribution is -2.26. The molecule has 1 unspecified atom stereocenters. The smallest absolute Gasteiger partial charge is 0.317 e. The second-order valence-corrected chi connectivity index (χ2v) is 6.23. The molecule has 2 nitrogen and oxygen atoms in total. The molecule has 1 atom stereocenters. The average molecular weight is 365 g/mol. The first-order chi connectivity index (χ1) is 11.2. The van der Waals surface area contributed by atoms with Crippen LogP contribution in [0.15, 0.2) is 35.2 Å². The molecule has 24 heavy (non-hydrogen) atoms. The second-order valence-electron chi connectivity index (χ2n) is 5.04. The van der Waals surface area contributed by atoms with Crippen LogP contribution in [0.5, 0.6) is 11.5 Å². The van der Waals surface area contributed by atoms with Gasteiger partial charge in [0.25, 0.3) is 6.43 Å². The summed E-state index contributed by atoms with van der Waals surface area (Å²) in [4.78, 5) is -0.0828. The Morgan fingerprint density at radius 1 is 1.08 bits per heavy atom. The van der Waals surface area contributed by atoms with E-state index in [0.29, 0.717) is 6.07 Å². The molecule has 3 rings (SSSR count). The summed E-state index contributed by atoms with van der Waals surface area (Å²) < 4.78 is 85.7. The predicted molar refractivity (Wildman–Crippen MR) is 75.6 cm³/mol. The molecule has 0 saturated carbocycles. The molecule has 2 aromatic carbocycles. The summed E-state index contributed by atoms with van der Waals surface area (Å²) in [5, 5.41) is -3.43. The average Bonchev–Trinajstić information content (AvgIpc) is 2.68. The van der Waals surface area contributed by atoms with Crippen LogP contribution in [0.1, 0.15) is 23.6 Å². The number of fused-ring (bicyclic) bond motifs is 1. The van der Waals surface area contributed by atoms with Crippen molar-refractivity contribution < 1.29 is 31.1 Å². The summed E-state index contributed by atoms with van der Waals surface area (Å²) in [6.45, 7) is 0. The van der Waals surface area contributed by atoms with Gasteiger partial charge in [-0.1, -0.05) is 0 Å². The lowest BCUT2D eigenvalue weighted by Gasteiger charge is -2.18. The fourth-order valence-electron chi connectivity index (χ4n) is 2.41. The standard InChI is InChI=1S/C15H9F6NOS/c16-6-3-7(17)5-8(4-6)23-9-1-2-10-12(11(9)14(18)19)13(22)15(20,21)24-10/h1-5,13-14H,22H2. The molecule has 2 aromatic rings. The largest absolute Gasteiger partial charge is 0.457 e. The Balaban J connectivity index is 2.09. The van der Waals surface area contributed by atoms with E-state index >= 15 is 0 Å². The van der Waals surface area contributed by atoms with Crippen molar-refractivity contribution in [1.29, 1.82) is 0 Å². The minimum atomic E-state index is -3.43. The van der Waals surface area contributed by atoms with Crippen LogP contribution in [0, 0.1) is 11.6 Å². The quantitative estimate of drug-likeness (QED) is 0.741. The maximum atomic E-state index is 13.7. The molecule has 0 aromatic heterocycles. The number of hydrogen-bond donors (Lipinski definition) is 1. The third-order valence-electron chi connectivity index (χ3n) is 3.41. The summed E-state index contributed by atoms with van der Waals surface area (Å²) in [6.07, 6.45) is -3.16. The van der Waals surface area contributed by atoms with Crippen LogP contribution in [0.25, 0.3) is 0 Å². The molecule has 128 valence electrons. The van der Waals surface area contributed by atoms with Crippen LogP contribution in [0.2, 0.25) is 0 Å². The van der Waals surface area contributed by atoms with E-state index in [0.717, 1.165) is 24.3 Å². The van der Waals surface area contributed by atoms with E-state index in [1.54, 1.807) is 0 Å². The predicted octanol–water partition coefficient (Wildman–Crippen LogP) is 5.39. The van der Waals surface area contributed by atoms with E-state index in [4.69, 9.17) is 10.5 Å². The minimum Gasteiger partial charge on any atom is -0.457 e. The minimum absolute atomic E-state index is 0.0828. The molecule has 0 spiro atoms. The molecule has 1 heterocycles. The van der Waals surface area contributed by atoms with Gasteiger partial charge in [0.2, 0.25) is 0 Å². The molecule has 0 saturated heterocycles. The second kappa shape index (κ2) is 5.89. The number of rotatable bonds is 3. The summed E-state index contributed by atoms with van der Waals surface area (Å²) in [5.41, 5.74) is 4.16. The summed E-state index contributed by atoms with van der Waals surface area (Å²) in [6, 6.07) is 2.43. The third-order valence-corrected chi connectivity index (χ3v) is 4.51. The van der Waals surface area contributed by atoms with Gasteiger partial charge < -0.3 is 10.5 Å². The van der Waals surface area contributed by atoms with E-state index in [1.807, 2.05) is 0 Å². The third kappa shape index (κ3) is 2.93. The molecule has 1 aliphatic rings. The molecule has 0 amide bonds. The number of ether oxygens (including phenoxy) is 1. The van der Waals surface area contributed by atoms with Crippen molar-refractivity contribution in [3.63, 3.8) is 0 Å². The van der Waals surface area contributed by atoms with Crippen LogP contribution in [0.4, 0.5) is 26.3 Å². The summed E-state index contributed by atoms with van der Waals surface area (Å²) in [7, 11) is 0. The monoisotopic (exact) mass is 365 g/mol. The highest BCUT2D eigenvalue weighted by molar-refractivity contribution is 8.00. The van der Waals surface area contributed by atoms with E-state index in [9.17, 15) is 26.3 Å². The van der Waals surface area contributed by atoms with Gasteiger partial charge in [-0.2, -0.15) is 8.78 Å². The first-order valence-electron chi connectivity index (χ1n) is 6.60. The topological polar surface area (TPSA) is 35.2 Å². The first kappa shape index (κ1) is 17.0. The Morgan fingerprint density at radius 2 is 1.71 bits per heavy atom. The highest BCUT2D eigenvalue weighted by Crippen LogP contribution is 2.56. The Hall–Kier alpha value is -1.87. The molecule has 0 aliphatic carbocycles. The zero-order valence-corrected chi connectivity index (χ0v) is 12.5. The highest BCUT2D eigenvalue weighted by Gasteiger charge is 2.49. The first-order valence-corrected chi connectivity index (χ1v) is 7.42. The summed E-state index contributed by atoms with van der Waals surface area (Å²) in [5.74, 6) is -2.80. The Morgan fingerprint density at radius 3 is 2.29 bits per heavy atom. The number of nitrogens with two attached hydrogens (primary N) is 1. The number of alkyl halides is 4. The Kier molecular flexibility index (Phi) is 4.16. The zero-order valence-electron chi connectivity index (χ0n) is 11.7. The normalized spacial score (nSPS) is 18.8. The Labute approximate surface area is 136 Å². The van der Waals surface area contributed by atoms with E-state index in [2.05, 4.69) is 0 Å². The van der Waals surface area contributed by atoms with Crippen molar-refractivity contribution >= 4 is 11.8 Å². The maximum absolute atomic E-state index is 13.7. The van der Waals surface area contributed by atoms with Gasteiger partial charge in [0.1, 0.15) is 29.2 Å². The molecular weight excluding hydrogens is 356 g/mol. The zero-order chi connectivity index (χ0) is 17.6. The lowest BCUT2D eigenvalue weighted by atomic mass is 10.0. The van der Waals surface area contributed by atoms with Gasteiger partial charge in [-0.05, 0) is 23.9 Å². The lowest BCUT2D eigenvalue weighted by molar-refractivity contribution is 0.0770. The van der Waals surface area contributed by atoms with Gasteiger partial charge in [-0.15, -0.1) is 0 Å². The van der Waals surface area contributed by atoms with Gasteiger partial charge in [-0.25, -0.2) is 17.6 Å². The number of benzene rings is 2. The molecule has 9 heteroatoms. The van der Waals surface area contributed by atoms with Gasteiger partial charge in [0.05, 0.1) is 5.56 Å². The number of thioether (sulfide) groups is 1. The Bertz CT molecular complexity index is 778. The fraction of sp³-hybridized carbons (Fsp3) is 0.200. The van der Waals surface area contributed by atoms with Crippen LogP contribution in [0.3, 0.4) is 0 Å². The molecule has 0 radical (unpaired) electrons. The van der Waals surface area contributed by atoms with Crippen LogP contribution in [-0.4, -0.2) is 5.25 Å². The van der Waals surface area contributed by atoms with Gasteiger partial charge in [0.15, 0.2) is 0 Å². The van der Waals surface area contributed by atoms with Crippen molar-refractivity contribution in [3.05, 3.63) is 53.1 Å². The van der Waals surface area contributed by atoms with Crippen molar-refractivity contribution in [2.24, 2.45) is 5.73 Å². The summed E-state index contributed by atoms with van der Waals surface area (Å²) >= 11 is 0.0857. The fourth-order valence-corrected chi connectivity index (χ4v) is 3.43. The van der Waals surface area contributed by atoms with Crippen molar-refractivity contribution in [1.82, 2.24) is 0 Å². The van der Waals surface area contributed by atoms with E-state index < -0.39 is 46.2 Å². The van der Waals surface area contributed by atoms with Gasteiger partial charge in [-0.3, -0.25) is 0 Å². The SMILES string of the molecule is NC1c2c(ccc(Oc3cc(F)cc(F)c3)c2C(F)F)SC1(F)F. The van der Waals surface area contributed by atoms with E-state index in [1.165, 1.54) is 0 Å². The molecular formula is C15H9F6NOS. The number of halogens is 6. The maximum Gasteiger partial charge on any atom is 0.317 e. The highest BCUT2D eigenvalue weighted by atomic mass is 32.2. The van der Waals surface area contributed by atoms with Gasteiger partial charge >= 0.3 is 5.25 Å². The van der Waals surface area contributed by atoms with E-state index in [-0.39, 0.29) is 22.4 Å². The van der Waals surface area contributed by atoms with Crippen LogP contribution < -0.4 is 10.5 Å².